The molecule has 0 aliphatic carbocycles. The van der Waals surface area contributed by atoms with Crippen molar-refractivity contribution in [3.63, 3.8) is 0 Å². The van der Waals surface area contributed by atoms with Gasteiger partial charge in [-0.3, -0.25) is 4.79 Å². The Morgan fingerprint density at radius 1 is 1.14 bits per heavy atom. The smallest absolute Gasteiger partial charge is 0.322 e. The molecule has 1 saturated heterocycles. The van der Waals surface area contributed by atoms with E-state index < -0.39 is 27.0 Å². The van der Waals surface area contributed by atoms with Gasteiger partial charge in [0.1, 0.15) is 4.88 Å². The van der Waals surface area contributed by atoms with Crippen molar-refractivity contribution in [2.24, 2.45) is 11.8 Å². The number of piperidine rings is 1. The van der Waals surface area contributed by atoms with Gasteiger partial charge in [0.15, 0.2) is 0 Å². The average Bonchev–Trinajstić information content (AvgIpc) is 3.12. The Morgan fingerprint density at radius 2 is 1.72 bits per heavy atom. The zero-order valence-corrected chi connectivity index (χ0v) is 17.5. The van der Waals surface area contributed by atoms with Gasteiger partial charge in [0.25, 0.3) is 5.91 Å². The molecule has 10 heteroatoms. The summed E-state index contributed by atoms with van der Waals surface area (Å²) in [6, 6.07) is 6.43. The van der Waals surface area contributed by atoms with Gasteiger partial charge in [-0.2, -0.15) is 17.5 Å². The third-order valence-corrected chi connectivity index (χ3v) is 7.55. The largest absolute Gasteiger partial charge is 0.425 e. The molecule has 1 aliphatic rings. The second kappa shape index (κ2) is 8.08. The number of amides is 1. The number of carbonyl (C=O) groups is 1. The van der Waals surface area contributed by atoms with Gasteiger partial charge in [-0.15, -0.1) is 11.3 Å². The van der Waals surface area contributed by atoms with E-state index in [9.17, 15) is 26.4 Å². The molecule has 0 radical (unpaired) electrons. The van der Waals surface area contributed by atoms with Gasteiger partial charge >= 0.3 is 6.18 Å². The number of nitrogens with zero attached hydrogens (tertiary/aromatic N) is 1. The van der Waals surface area contributed by atoms with Crippen LogP contribution < -0.4 is 5.32 Å². The topological polar surface area (TPSA) is 66.5 Å². The Labute approximate surface area is 171 Å². The van der Waals surface area contributed by atoms with Crippen LogP contribution >= 0.6 is 11.3 Å². The number of benzene rings is 1. The molecule has 1 aromatic carbocycles. The minimum Gasteiger partial charge on any atom is -0.322 e. The van der Waals surface area contributed by atoms with Crippen LogP contribution in [0, 0.1) is 11.8 Å². The van der Waals surface area contributed by atoms with Crippen molar-refractivity contribution in [3.8, 4) is 0 Å². The van der Waals surface area contributed by atoms with Crippen molar-refractivity contribution in [2.75, 3.05) is 18.4 Å². The average molecular weight is 447 g/mol. The number of hydrogen-bond donors (Lipinski definition) is 1. The molecule has 2 unspecified atom stereocenters. The first kappa shape index (κ1) is 21.8. The number of rotatable bonds is 4. The quantitative estimate of drug-likeness (QED) is 0.741. The summed E-state index contributed by atoms with van der Waals surface area (Å²) in [5, 5.41) is 3.62. The monoisotopic (exact) mass is 446 g/mol. The van der Waals surface area contributed by atoms with Gasteiger partial charge in [-0.1, -0.05) is 13.8 Å². The molecule has 2 heterocycles. The van der Waals surface area contributed by atoms with E-state index in [-0.39, 0.29) is 22.3 Å². The minimum absolute atomic E-state index is 0.102. The van der Waals surface area contributed by atoms with Crippen LogP contribution in [0.4, 0.5) is 18.9 Å². The van der Waals surface area contributed by atoms with Crippen LogP contribution in [0.25, 0.3) is 0 Å². The maximum atomic E-state index is 12.9. The van der Waals surface area contributed by atoms with Crippen LogP contribution in [0.5, 0.6) is 0 Å². The van der Waals surface area contributed by atoms with Crippen molar-refractivity contribution in [2.45, 2.75) is 31.3 Å². The minimum atomic E-state index is -4.50. The molecule has 1 aliphatic heterocycles. The predicted octanol–water partition coefficient (Wildman–Crippen LogP) is 4.69. The normalized spacial score (nSPS) is 21.1. The van der Waals surface area contributed by atoms with E-state index in [1.807, 2.05) is 13.8 Å². The molecule has 5 nitrogen and oxygen atoms in total. The lowest BCUT2D eigenvalue weighted by molar-refractivity contribution is -0.134. The van der Waals surface area contributed by atoms with Crippen LogP contribution in [-0.4, -0.2) is 31.7 Å². The van der Waals surface area contributed by atoms with Crippen LogP contribution in [0.3, 0.4) is 0 Å². The summed E-state index contributed by atoms with van der Waals surface area (Å²) < 4.78 is 65.2. The van der Waals surface area contributed by atoms with E-state index in [0.717, 1.165) is 17.9 Å². The molecule has 3 rings (SSSR count). The molecular weight excluding hydrogens is 425 g/mol. The second-order valence-electron chi connectivity index (χ2n) is 7.44. The Morgan fingerprint density at radius 3 is 2.24 bits per heavy atom. The number of carbonyl (C=O) groups excluding carboxylic acids is 1. The number of sulfonamides is 1. The van der Waals surface area contributed by atoms with Crippen LogP contribution in [-0.2, 0) is 16.2 Å². The summed E-state index contributed by atoms with van der Waals surface area (Å²) >= 11 is 0.447. The maximum absolute atomic E-state index is 12.9. The lowest BCUT2D eigenvalue weighted by atomic mass is 9.94. The first-order valence-corrected chi connectivity index (χ1v) is 11.4. The second-order valence-corrected chi connectivity index (χ2v) is 10.3. The van der Waals surface area contributed by atoms with Crippen molar-refractivity contribution in [1.29, 1.82) is 0 Å². The number of alkyl halides is 3. The molecule has 0 bridgehead atoms. The van der Waals surface area contributed by atoms with E-state index in [2.05, 4.69) is 5.32 Å². The number of anilines is 1. The fourth-order valence-corrected chi connectivity index (χ4v) is 5.91. The Hall–Kier alpha value is -1.91. The summed E-state index contributed by atoms with van der Waals surface area (Å²) in [5.41, 5.74) is 0.199. The van der Waals surface area contributed by atoms with Gasteiger partial charge in [-0.25, -0.2) is 8.42 Å². The predicted molar refractivity (Wildman–Crippen MR) is 105 cm³/mol. The standard InChI is InChI=1S/C19H21F3N2O3S2/c1-12-7-13(2)10-24(9-12)29(26,27)16-5-3-15(4-6-16)23-18(25)14-8-17(28-11-14)19(20,21)22/h3-6,8,11-13H,7,9-10H2,1-2H3,(H,23,25). The summed E-state index contributed by atoms with van der Waals surface area (Å²) in [4.78, 5) is 11.4. The highest BCUT2D eigenvalue weighted by Gasteiger charge is 2.33. The summed E-state index contributed by atoms with van der Waals surface area (Å²) in [7, 11) is -3.64. The molecule has 2 aromatic rings. The fraction of sp³-hybridized carbons (Fsp3) is 0.421. The maximum Gasteiger partial charge on any atom is 0.425 e. The highest BCUT2D eigenvalue weighted by atomic mass is 32.2. The first-order valence-electron chi connectivity index (χ1n) is 9.04. The third-order valence-electron chi connectivity index (χ3n) is 4.73. The zero-order chi connectivity index (χ0) is 21.4. The van der Waals surface area contributed by atoms with E-state index in [4.69, 9.17) is 0 Å². The molecular formula is C19H21F3N2O3S2. The number of hydrogen-bond acceptors (Lipinski definition) is 4. The van der Waals surface area contributed by atoms with Crippen molar-refractivity contribution < 1.29 is 26.4 Å². The highest BCUT2D eigenvalue weighted by Crippen LogP contribution is 2.34. The van der Waals surface area contributed by atoms with E-state index >= 15 is 0 Å². The molecule has 1 amide bonds. The van der Waals surface area contributed by atoms with E-state index in [1.165, 1.54) is 28.6 Å². The van der Waals surface area contributed by atoms with Gasteiger partial charge in [-0.05, 0) is 48.6 Å². The Bertz CT molecular complexity index is 975. The van der Waals surface area contributed by atoms with Gasteiger partial charge < -0.3 is 5.32 Å². The number of nitrogens with one attached hydrogen (secondary N) is 1. The van der Waals surface area contributed by atoms with Gasteiger partial charge in [0.05, 0.1) is 10.5 Å². The van der Waals surface area contributed by atoms with E-state index in [1.54, 1.807) is 0 Å². The molecule has 1 fully saturated rings. The Kier molecular flexibility index (Phi) is 6.07. The number of halogens is 3. The molecule has 0 saturated carbocycles. The summed E-state index contributed by atoms with van der Waals surface area (Å²) in [5.74, 6) is -0.135. The molecule has 29 heavy (non-hydrogen) atoms. The summed E-state index contributed by atoms with van der Waals surface area (Å²) in [6.45, 7) is 4.96. The first-order chi connectivity index (χ1) is 13.5. The van der Waals surface area contributed by atoms with E-state index in [0.29, 0.717) is 30.1 Å². The Balaban J connectivity index is 1.71. The van der Waals surface area contributed by atoms with Gasteiger partial charge in [0.2, 0.25) is 10.0 Å². The van der Waals surface area contributed by atoms with Crippen molar-refractivity contribution in [1.82, 2.24) is 4.31 Å². The zero-order valence-electron chi connectivity index (χ0n) is 15.9. The molecule has 158 valence electrons. The van der Waals surface area contributed by atoms with Crippen molar-refractivity contribution >= 4 is 33.0 Å². The highest BCUT2D eigenvalue weighted by molar-refractivity contribution is 7.89. The fourth-order valence-electron chi connectivity index (χ4n) is 3.47. The molecule has 1 N–H and O–H groups in total. The van der Waals surface area contributed by atoms with Crippen molar-refractivity contribution in [3.05, 3.63) is 46.2 Å². The molecule has 2 atom stereocenters. The van der Waals surface area contributed by atoms with Crippen LogP contribution in [0.15, 0.2) is 40.6 Å². The molecule has 0 spiro atoms. The number of thiophene rings is 1. The lowest BCUT2D eigenvalue weighted by Gasteiger charge is -2.34. The molecule has 1 aromatic heterocycles. The SMILES string of the molecule is CC1CC(C)CN(S(=O)(=O)c2ccc(NC(=O)c3csc(C(F)(F)F)c3)cc2)C1. The van der Waals surface area contributed by atoms with Crippen LogP contribution in [0.1, 0.15) is 35.5 Å². The van der Waals surface area contributed by atoms with Gasteiger partial charge in [0, 0.05) is 24.2 Å². The summed E-state index contributed by atoms with van der Waals surface area (Å²) in [6.07, 6.45) is -3.52. The van der Waals surface area contributed by atoms with Crippen LogP contribution in [0.2, 0.25) is 0 Å². The lowest BCUT2D eigenvalue weighted by Crippen LogP contribution is -2.42. The third kappa shape index (κ3) is 4.99.